The van der Waals surface area contributed by atoms with Gasteiger partial charge in [0.05, 0.1) is 12.4 Å². The van der Waals surface area contributed by atoms with Crippen molar-refractivity contribution in [3.05, 3.63) is 96.1 Å². The maximum Gasteiger partial charge on any atom is 0.240 e. The SMILES string of the molecule is O=C(CCC(=O)N/N=C\c1cccc2ccccc12)N/N=C\c1cccc2ccccc12. The Morgan fingerprint density at radius 3 is 1.47 bits per heavy atom. The van der Waals surface area contributed by atoms with Crippen LogP contribution in [0.3, 0.4) is 0 Å². The van der Waals surface area contributed by atoms with Gasteiger partial charge in [0.2, 0.25) is 11.8 Å². The fraction of sp³-hybridized carbons (Fsp3) is 0.0769. The molecule has 0 bridgehead atoms. The van der Waals surface area contributed by atoms with E-state index in [-0.39, 0.29) is 24.7 Å². The molecule has 32 heavy (non-hydrogen) atoms. The van der Waals surface area contributed by atoms with Gasteiger partial charge in [0.25, 0.3) is 0 Å². The van der Waals surface area contributed by atoms with E-state index in [0.717, 1.165) is 32.7 Å². The third kappa shape index (κ3) is 5.23. The van der Waals surface area contributed by atoms with Crippen LogP contribution in [0.25, 0.3) is 21.5 Å². The Morgan fingerprint density at radius 1 is 0.594 bits per heavy atom. The van der Waals surface area contributed by atoms with Crippen molar-refractivity contribution in [3.8, 4) is 0 Å². The van der Waals surface area contributed by atoms with Gasteiger partial charge in [0, 0.05) is 24.0 Å². The van der Waals surface area contributed by atoms with E-state index in [0.29, 0.717) is 0 Å². The number of nitrogens with one attached hydrogen (secondary N) is 2. The topological polar surface area (TPSA) is 82.9 Å². The average Bonchev–Trinajstić information content (AvgIpc) is 2.83. The van der Waals surface area contributed by atoms with Crippen molar-refractivity contribution in [1.29, 1.82) is 0 Å². The summed E-state index contributed by atoms with van der Waals surface area (Å²) in [6.45, 7) is 0. The van der Waals surface area contributed by atoms with Crippen LogP contribution in [-0.2, 0) is 9.59 Å². The second-order valence-electron chi connectivity index (χ2n) is 7.22. The molecule has 0 aromatic heterocycles. The highest BCUT2D eigenvalue weighted by Crippen LogP contribution is 2.17. The largest absolute Gasteiger partial charge is 0.273 e. The number of carbonyl (C=O) groups is 2. The molecule has 2 N–H and O–H groups in total. The van der Waals surface area contributed by atoms with E-state index in [2.05, 4.69) is 21.1 Å². The number of carbonyl (C=O) groups excluding carboxylic acids is 2. The summed E-state index contributed by atoms with van der Waals surface area (Å²) in [7, 11) is 0. The van der Waals surface area contributed by atoms with Gasteiger partial charge in [0.1, 0.15) is 0 Å². The number of rotatable bonds is 7. The first-order valence-electron chi connectivity index (χ1n) is 10.3. The molecule has 0 unspecified atom stereocenters. The summed E-state index contributed by atoms with van der Waals surface area (Å²) in [6.07, 6.45) is 3.24. The van der Waals surface area contributed by atoms with Gasteiger partial charge >= 0.3 is 0 Å². The minimum atomic E-state index is -0.338. The molecule has 0 aliphatic carbocycles. The highest BCUT2D eigenvalue weighted by atomic mass is 16.2. The van der Waals surface area contributed by atoms with Crippen molar-refractivity contribution >= 4 is 45.8 Å². The lowest BCUT2D eigenvalue weighted by Crippen LogP contribution is -2.22. The van der Waals surface area contributed by atoms with E-state index in [1.165, 1.54) is 0 Å². The number of hydrogen-bond acceptors (Lipinski definition) is 4. The van der Waals surface area contributed by atoms with Crippen molar-refractivity contribution in [2.75, 3.05) is 0 Å². The minimum Gasteiger partial charge on any atom is -0.273 e. The van der Waals surface area contributed by atoms with Crippen molar-refractivity contribution in [1.82, 2.24) is 10.9 Å². The Bertz CT molecular complexity index is 1210. The van der Waals surface area contributed by atoms with Gasteiger partial charge in [-0.25, -0.2) is 10.9 Å². The minimum absolute atomic E-state index is 0.0164. The molecule has 0 heterocycles. The average molecular weight is 422 g/mol. The summed E-state index contributed by atoms with van der Waals surface area (Å²) in [5, 5.41) is 12.3. The van der Waals surface area contributed by atoms with Crippen LogP contribution < -0.4 is 10.9 Å². The fourth-order valence-electron chi connectivity index (χ4n) is 3.41. The molecule has 2 amide bonds. The summed E-state index contributed by atoms with van der Waals surface area (Å²) >= 11 is 0. The maximum atomic E-state index is 12.0. The van der Waals surface area contributed by atoms with Gasteiger partial charge in [-0.1, -0.05) is 84.9 Å². The van der Waals surface area contributed by atoms with Crippen LogP contribution in [0.5, 0.6) is 0 Å². The Kier molecular flexibility index (Phi) is 6.63. The molecule has 6 nitrogen and oxygen atoms in total. The van der Waals surface area contributed by atoms with Gasteiger partial charge in [-0.05, 0) is 21.5 Å². The van der Waals surface area contributed by atoms with Crippen molar-refractivity contribution < 1.29 is 9.59 Å². The number of amides is 2. The number of benzene rings is 4. The van der Waals surface area contributed by atoms with Gasteiger partial charge in [-0.3, -0.25) is 9.59 Å². The molecular formula is C26H22N4O2. The number of fused-ring (bicyclic) bond motifs is 2. The van der Waals surface area contributed by atoms with Crippen molar-refractivity contribution in [3.63, 3.8) is 0 Å². The van der Waals surface area contributed by atoms with Crippen LogP contribution in [0, 0.1) is 0 Å². The van der Waals surface area contributed by atoms with E-state index in [4.69, 9.17) is 0 Å². The predicted octanol–water partition coefficient (Wildman–Crippen LogP) is 4.37. The van der Waals surface area contributed by atoms with Crippen LogP contribution in [0.15, 0.2) is 95.1 Å². The van der Waals surface area contributed by atoms with Crippen LogP contribution in [0.1, 0.15) is 24.0 Å². The second kappa shape index (κ2) is 10.1. The zero-order valence-electron chi connectivity index (χ0n) is 17.4. The molecule has 0 atom stereocenters. The first-order chi connectivity index (χ1) is 15.7. The van der Waals surface area contributed by atoms with Gasteiger partial charge in [-0.15, -0.1) is 0 Å². The van der Waals surface area contributed by atoms with E-state index >= 15 is 0 Å². The molecule has 158 valence electrons. The highest BCUT2D eigenvalue weighted by Gasteiger charge is 2.06. The van der Waals surface area contributed by atoms with Gasteiger partial charge in [-0.2, -0.15) is 10.2 Å². The number of hydrazone groups is 2. The lowest BCUT2D eigenvalue weighted by molar-refractivity contribution is -0.126. The van der Waals surface area contributed by atoms with Crippen molar-refractivity contribution in [2.45, 2.75) is 12.8 Å². The van der Waals surface area contributed by atoms with E-state index in [1.807, 2.05) is 84.9 Å². The molecule has 0 radical (unpaired) electrons. The van der Waals surface area contributed by atoms with Gasteiger partial charge < -0.3 is 0 Å². The van der Waals surface area contributed by atoms with E-state index in [9.17, 15) is 9.59 Å². The molecule has 0 aliphatic rings. The summed E-state index contributed by atoms with van der Waals surface area (Å²) in [4.78, 5) is 24.0. The quantitative estimate of drug-likeness (QED) is 0.342. The fourth-order valence-corrected chi connectivity index (χ4v) is 3.41. The van der Waals surface area contributed by atoms with Crippen LogP contribution in [0.2, 0.25) is 0 Å². The zero-order valence-corrected chi connectivity index (χ0v) is 17.4. The second-order valence-corrected chi connectivity index (χ2v) is 7.22. The molecular weight excluding hydrogens is 400 g/mol. The lowest BCUT2D eigenvalue weighted by Gasteiger charge is -2.03. The Balaban J connectivity index is 1.25. The molecule has 4 aromatic carbocycles. The Hall–Kier alpha value is -4.32. The van der Waals surface area contributed by atoms with E-state index in [1.54, 1.807) is 12.4 Å². The zero-order chi connectivity index (χ0) is 22.2. The van der Waals surface area contributed by atoms with Gasteiger partial charge in [0.15, 0.2) is 0 Å². The standard InChI is InChI=1S/C26H22N4O2/c31-25(29-27-17-21-11-5-9-19-7-1-3-13-23(19)21)15-16-26(32)30-28-18-22-12-6-10-20-8-2-4-14-24(20)22/h1-14,17-18H,15-16H2,(H,29,31)(H,30,32)/b27-17-,28-18-. The number of nitrogens with zero attached hydrogens (tertiary/aromatic N) is 2. The molecule has 4 rings (SSSR count). The summed E-state index contributed by atoms with van der Waals surface area (Å²) in [6, 6.07) is 27.7. The van der Waals surface area contributed by atoms with Crippen LogP contribution >= 0.6 is 0 Å². The van der Waals surface area contributed by atoms with E-state index < -0.39 is 0 Å². The normalized spacial score (nSPS) is 11.4. The molecule has 0 fully saturated rings. The smallest absolute Gasteiger partial charge is 0.240 e. The monoisotopic (exact) mass is 422 g/mol. The summed E-state index contributed by atoms with van der Waals surface area (Å²) in [5.41, 5.74) is 6.74. The van der Waals surface area contributed by atoms with Crippen LogP contribution in [-0.4, -0.2) is 24.2 Å². The van der Waals surface area contributed by atoms with Crippen LogP contribution in [0.4, 0.5) is 0 Å². The predicted molar refractivity (Wildman–Crippen MR) is 129 cm³/mol. The Labute approximate surface area is 185 Å². The first kappa shape index (κ1) is 20.9. The molecule has 6 heteroatoms. The maximum absolute atomic E-state index is 12.0. The summed E-state index contributed by atoms with van der Waals surface area (Å²) in [5.74, 6) is -0.677. The summed E-state index contributed by atoms with van der Waals surface area (Å²) < 4.78 is 0. The highest BCUT2D eigenvalue weighted by molar-refractivity contribution is 6.01. The molecule has 0 saturated heterocycles. The third-order valence-corrected chi connectivity index (χ3v) is 5.01. The Morgan fingerprint density at radius 2 is 1.00 bits per heavy atom. The molecule has 4 aromatic rings. The van der Waals surface area contributed by atoms with Crippen molar-refractivity contribution in [2.24, 2.45) is 10.2 Å². The molecule has 0 aliphatic heterocycles. The molecule has 0 spiro atoms. The third-order valence-electron chi connectivity index (χ3n) is 5.01. The molecule has 0 saturated carbocycles. The first-order valence-corrected chi connectivity index (χ1v) is 10.3. The lowest BCUT2D eigenvalue weighted by atomic mass is 10.1. The number of hydrogen-bond donors (Lipinski definition) is 2.